The number of nitrogens with zero attached hydrogens (tertiary/aromatic N) is 3. The lowest BCUT2D eigenvalue weighted by Crippen LogP contribution is -2.28. The summed E-state index contributed by atoms with van der Waals surface area (Å²) < 4.78 is 2.31. The second-order valence-corrected chi connectivity index (χ2v) is 9.83. The molecule has 8 heteroatoms. The number of rotatable bonds is 6. The van der Waals surface area contributed by atoms with E-state index >= 15 is 0 Å². The number of hydrogen-bond acceptors (Lipinski definition) is 5. The number of thiophene rings is 1. The molecule has 0 spiro atoms. The zero-order valence-electron chi connectivity index (χ0n) is 17.0. The summed E-state index contributed by atoms with van der Waals surface area (Å²) in [6.07, 6.45) is 0. The van der Waals surface area contributed by atoms with Crippen LogP contribution in [-0.4, -0.2) is 33.2 Å². The van der Waals surface area contributed by atoms with Gasteiger partial charge in [-0.1, -0.05) is 53.7 Å². The molecule has 5 nitrogen and oxygen atoms in total. The highest BCUT2D eigenvalue weighted by Gasteiger charge is 2.17. The van der Waals surface area contributed by atoms with Crippen molar-refractivity contribution in [3.05, 3.63) is 85.8 Å². The predicted molar refractivity (Wildman–Crippen MR) is 129 cm³/mol. The fourth-order valence-electron chi connectivity index (χ4n) is 3.23. The molecule has 0 radical (unpaired) electrons. The van der Waals surface area contributed by atoms with Crippen LogP contribution in [0.2, 0.25) is 4.34 Å². The number of para-hydroxylation sites is 2. The van der Waals surface area contributed by atoms with Gasteiger partial charge < -0.3 is 4.90 Å². The molecule has 0 aliphatic rings. The van der Waals surface area contributed by atoms with Gasteiger partial charge in [0.25, 0.3) is 5.56 Å². The Balaban J connectivity index is 1.65. The van der Waals surface area contributed by atoms with E-state index in [9.17, 15) is 9.59 Å². The van der Waals surface area contributed by atoms with Crippen LogP contribution in [-0.2, 0) is 11.3 Å². The maximum absolute atomic E-state index is 13.3. The number of hydrogen-bond donors (Lipinski definition) is 0. The van der Waals surface area contributed by atoms with Gasteiger partial charge in [-0.05, 0) is 42.8 Å². The fourth-order valence-corrected chi connectivity index (χ4v) is 5.32. The Bertz CT molecular complexity index is 1320. The first kappa shape index (κ1) is 21.6. The molecule has 0 aliphatic carbocycles. The Kier molecular flexibility index (Phi) is 6.46. The standard InChI is InChI=1S/C23H20ClN3O2S2/c1-15-7-3-6-10-19(15)27-22(29)17-8-4-5-9-18(17)25-23(27)30-14-21(28)26(2)13-16-11-12-20(24)31-16/h3-12H,13-14H2,1-2H3. The Morgan fingerprint density at radius 1 is 1.13 bits per heavy atom. The van der Waals surface area contributed by atoms with Crippen LogP contribution < -0.4 is 5.56 Å². The minimum atomic E-state index is -0.142. The van der Waals surface area contributed by atoms with Gasteiger partial charge >= 0.3 is 0 Å². The summed E-state index contributed by atoms with van der Waals surface area (Å²) in [5, 5.41) is 1.05. The highest BCUT2D eigenvalue weighted by Crippen LogP contribution is 2.25. The molecule has 2 aromatic heterocycles. The first-order valence-electron chi connectivity index (χ1n) is 9.63. The molecule has 0 saturated heterocycles. The summed E-state index contributed by atoms with van der Waals surface area (Å²) in [5.74, 6) is 0.125. The number of benzene rings is 2. The van der Waals surface area contributed by atoms with Gasteiger partial charge in [-0.25, -0.2) is 4.98 Å². The van der Waals surface area contributed by atoms with Crippen molar-refractivity contribution < 1.29 is 4.79 Å². The molecule has 2 heterocycles. The normalized spacial score (nSPS) is 11.1. The van der Waals surface area contributed by atoms with Crippen molar-refractivity contribution in [1.29, 1.82) is 0 Å². The molecule has 158 valence electrons. The van der Waals surface area contributed by atoms with Gasteiger partial charge in [0.05, 0.1) is 33.2 Å². The molecule has 31 heavy (non-hydrogen) atoms. The zero-order valence-corrected chi connectivity index (χ0v) is 19.4. The van der Waals surface area contributed by atoms with Crippen molar-refractivity contribution in [2.24, 2.45) is 0 Å². The molecule has 0 fully saturated rings. The van der Waals surface area contributed by atoms with Crippen LogP contribution in [0.15, 0.2) is 70.6 Å². The van der Waals surface area contributed by atoms with E-state index in [0.29, 0.717) is 26.9 Å². The highest BCUT2D eigenvalue weighted by atomic mass is 35.5. The predicted octanol–water partition coefficient (Wildman–Crippen LogP) is 5.16. The molecular weight excluding hydrogens is 450 g/mol. The van der Waals surface area contributed by atoms with Gasteiger partial charge in [-0.15, -0.1) is 11.3 Å². The summed E-state index contributed by atoms with van der Waals surface area (Å²) in [7, 11) is 1.76. The molecule has 0 N–H and O–H groups in total. The van der Waals surface area contributed by atoms with Crippen molar-refractivity contribution in [2.75, 3.05) is 12.8 Å². The molecule has 0 saturated carbocycles. The summed E-state index contributed by atoms with van der Waals surface area (Å²) in [5.41, 5.74) is 2.20. The summed E-state index contributed by atoms with van der Waals surface area (Å²) in [6, 6.07) is 18.7. The van der Waals surface area contributed by atoms with E-state index < -0.39 is 0 Å². The number of carbonyl (C=O) groups is 1. The second kappa shape index (κ2) is 9.26. The van der Waals surface area contributed by atoms with Crippen molar-refractivity contribution in [3.8, 4) is 5.69 Å². The number of halogens is 1. The molecule has 2 aromatic carbocycles. The van der Waals surface area contributed by atoms with Crippen LogP contribution in [0.4, 0.5) is 0 Å². The minimum Gasteiger partial charge on any atom is -0.340 e. The van der Waals surface area contributed by atoms with Crippen LogP contribution in [0.25, 0.3) is 16.6 Å². The lowest BCUT2D eigenvalue weighted by atomic mass is 10.2. The summed E-state index contributed by atoms with van der Waals surface area (Å²) in [6.45, 7) is 2.45. The monoisotopic (exact) mass is 469 g/mol. The number of aryl methyl sites for hydroxylation is 1. The third-order valence-electron chi connectivity index (χ3n) is 4.87. The lowest BCUT2D eigenvalue weighted by molar-refractivity contribution is -0.127. The van der Waals surface area contributed by atoms with Gasteiger partial charge in [0.1, 0.15) is 0 Å². The van der Waals surface area contributed by atoms with Crippen LogP contribution in [0.3, 0.4) is 0 Å². The molecule has 0 aliphatic heterocycles. The quantitative estimate of drug-likeness (QED) is 0.289. The molecule has 0 atom stereocenters. The fraction of sp³-hybridized carbons (Fsp3) is 0.174. The number of carbonyl (C=O) groups excluding carboxylic acids is 1. The van der Waals surface area contributed by atoms with E-state index in [0.717, 1.165) is 16.1 Å². The van der Waals surface area contributed by atoms with E-state index in [-0.39, 0.29) is 17.2 Å². The molecule has 4 rings (SSSR count). The maximum Gasteiger partial charge on any atom is 0.266 e. The smallest absolute Gasteiger partial charge is 0.266 e. The Morgan fingerprint density at radius 2 is 1.87 bits per heavy atom. The van der Waals surface area contributed by atoms with E-state index in [2.05, 4.69) is 0 Å². The Labute approximate surface area is 193 Å². The maximum atomic E-state index is 13.3. The topological polar surface area (TPSA) is 55.2 Å². The minimum absolute atomic E-state index is 0.0479. The average Bonchev–Trinajstić information content (AvgIpc) is 3.17. The SMILES string of the molecule is Cc1ccccc1-n1c(SCC(=O)N(C)Cc2ccc(Cl)s2)nc2ccccc2c1=O. The zero-order chi connectivity index (χ0) is 22.0. The second-order valence-electron chi connectivity index (χ2n) is 7.08. The van der Waals surface area contributed by atoms with Crippen molar-refractivity contribution in [2.45, 2.75) is 18.6 Å². The van der Waals surface area contributed by atoms with Crippen LogP contribution >= 0.6 is 34.7 Å². The molecule has 0 unspecified atom stereocenters. The summed E-state index contributed by atoms with van der Waals surface area (Å²) >= 11 is 8.72. The Morgan fingerprint density at radius 3 is 2.61 bits per heavy atom. The van der Waals surface area contributed by atoms with E-state index in [4.69, 9.17) is 16.6 Å². The lowest BCUT2D eigenvalue weighted by Gasteiger charge is -2.18. The van der Waals surface area contributed by atoms with E-state index in [1.165, 1.54) is 23.1 Å². The van der Waals surface area contributed by atoms with Crippen LogP contribution in [0.1, 0.15) is 10.4 Å². The van der Waals surface area contributed by atoms with Crippen LogP contribution in [0, 0.1) is 6.92 Å². The first-order valence-corrected chi connectivity index (χ1v) is 11.8. The molecule has 1 amide bonds. The number of aromatic nitrogens is 2. The summed E-state index contributed by atoms with van der Waals surface area (Å²) in [4.78, 5) is 33.5. The van der Waals surface area contributed by atoms with Gasteiger partial charge in [0.15, 0.2) is 5.16 Å². The molecule has 4 aromatic rings. The van der Waals surface area contributed by atoms with Gasteiger partial charge in [-0.2, -0.15) is 0 Å². The third-order valence-corrected chi connectivity index (χ3v) is 7.01. The Hall–Kier alpha value is -2.61. The van der Waals surface area contributed by atoms with E-state index in [1.54, 1.807) is 22.6 Å². The average molecular weight is 470 g/mol. The highest BCUT2D eigenvalue weighted by molar-refractivity contribution is 7.99. The third kappa shape index (κ3) is 4.69. The van der Waals surface area contributed by atoms with Crippen molar-refractivity contribution >= 4 is 51.5 Å². The number of fused-ring (bicyclic) bond motifs is 1. The van der Waals surface area contributed by atoms with Gasteiger partial charge in [0, 0.05) is 11.9 Å². The molecule has 0 bridgehead atoms. The van der Waals surface area contributed by atoms with Gasteiger partial charge in [-0.3, -0.25) is 14.2 Å². The number of thioether (sulfide) groups is 1. The van der Waals surface area contributed by atoms with Gasteiger partial charge in [0.2, 0.25) is 5.91 Å². The van der Waals surface area contributed by atoms with E-state index in [1.807, 2.05) is 61.5 Å². The number of amides is 1. The first-order chi connectivity index (χ1) is 14.9. The van der Waals surface area contributed by atoms with Crippen molar-refractivity contribution in [3.63, 3.8) is 0 Å². The van der Waals surface area contributed by atoms with Crippen molar-refractivity contribution in [1.82, 2.24) is 14.5 Å². The van der Waals surface area contributed by atoms with Crippen LogP contribution in [0.5, 0.6) is 0 Å². The molecular formula is C23H20ClN3O2S2. The largest absolute Gasteiger partial charge is 0.340 e.